The summed E-state index contributed by atoms with van der Waals surface area (Å²) in [5, 5.41) is 12.2. The highest BCUT2D eigenvalue weighted by molar-refractivity contribution is 5.75. The lowest BCUT2D eigenvalue weighted by Crippen LogP contribution is -2.53. The van der Waals surface area contributed by atoms with Gasteiger partial charge in [0.15, 0.2) is 0 Å². The van der Waals surface area contributed by atoms with E-state index in [4.69, 9.17) is 0 Å². The first kappa shape index (κ1) is 11.9. The molecule has 1 saturated heterocycles. The highest BCUT2D eigenvalue weighted by atomic mass is 16.3. The molecule has 1 atom stereocenters. The summed E-state index contributed by atoms with van der Waals surface area (Å²) in [6, 6.07) is 9.75. The molecule has 4 nitrogen and oxygen atoms in total. The van der Waals surface area contributed by atoms with Crippen LogP contribution in [0.4, 0.5) is 4.79 Å². The number of hydrogen-bond donors (Lipinski definition) is 2. The quantitative estimate of drug-likeness (QED) is 0.816. The third-order valence-electron chi connectivity index (χ3n) is 3.08. The molecule has 1 aliphatic rings. The molecule has 1 fully saturated rings. The van der Waals surface area contributed by atoms with Crippen LogP contribution < -0.4 is 5.32 Å². The number of aliphatic hydroxyl groups is 1. The first-order valence-corrected chi connectivity index (χ1v) is 6.00. The number of amides is 2. The van der Waals surface area contributed by atoms with E-state index in [2.05, 4.69) is 5.32 Å². The number of benzene rings is 1. The summed E-state index contributed by atoms with van der Waals surface area (Å²) in [5.41, 5.74) is 1.14. The minimum absolute atomic E-state index is 0.00230. The van der Waals surface area contributed by atoms with Crippen molar-refractivity contribution in [2.45, 2.75) is 18.9 Å². The highest BCUT2D eigenvalue weighted by Crippen LogP contribution is 2.11. The molecule has 0 bridgehead atoms. The zero-order valence-electron chi connectivity index (χ0n) is 9.80. The molecule has 0 aliphatic carbocycles. The summed E-state index contributed by atoms with van der Waals surface area (Å²) in [6.45, 7) is 1.46. The standard InChI is InChI=1S/C13H18N2O2/c16-10-12(9-11-5-2-1-3-6-11)15-8-4-7-14-13(15)17/h1-3,5-6,12,16H,4,7-10H2,(H,14,17)/t12-/m0/s1. The first-order chi connectivity index (χ1) is 8.31. The average Bonchev–Trinajstić information content (AvgIpc) is 2.38. The fourth-order valence-electron chi connectivity index (χ4n) is 2.16. The van der Waals surface area contributed by atoms with Gasteiger partial charge in [-0.3, -0.25) is 0 Å². The van der Waals surface area contributed by atoms with Crippen molar-refractivity contribution in [1.82, 2.24) is 10.2 Å². The van der Waals surface area contributed by atoms with E-state index in [-0.39, 0.29) is 18.7 Å². The van der Waals surface area contributed by atoms with Crippen LogP contribution in [0.25, 0.3) is 0 Å². The van der Waals surface area contributed by atoms with Crippen molar-refractivity contribution in [3.8, 4) is 0 Å². The number of carbonyl (C=O) groups excluding carboxylic acids is 1. The predicted octanol–water partition coefficient (Wildman–Crippen LogP) is 1.01. The number of hydrogen-bond acceptors (Lipinski definition) is 2. The summed E-state index contributed by atoms with van der Waals surface area (Å²) >= 11 is 0. The number of rotatable bonds is 4. The SMILES string of the molecule is O=C1NCCCN1[C@H](CO)Cc1ccccc1. The second kappa shape index (κ2) is 5.68. The molecule has 4 heteroatoms. The minimum Gasteiger partial charge on any atom is -0.394 e. The fraction of sp³-hybridized carbons (Fsp3) is 0.462. The van der Waals surface area contributed by atoms with Gasteiger partial charge in [0.1, 0.15) is 0 Å². The van der Waals surface area contributed by atoms with Crippen molar-refractivity contribution < 1.29 is 9.90 Å². The summed E-state index contributed by atoms with van der Waals surface area (Å²) in [5.74, 6) is 0. The topological polar surface area (TPSA) is 52.6 Å². The molecule has 0 radical (unpaired) electrons. The Bertz CT molecular complexity index is 367. The third-order valence-corrected chi connectivity index (χ3v) is 3.08. The maximum atomic E-state index is 11.7. The van der Waals surface area contributed by atoms with Crippen LogP contribution in [0, 0.1) is 0 Å². The molecule has 2 N–H and O–H groups in total. The van der Waals surface area contributed by atoms with Crippen LogP contribution in [0.2, 0.25) is 0 Å². The summed E-state index contributed by atoms with van der Waals surface area (Å²) in [6.07, 6.45) is 1.64. The Morgan fingerprint density at radius 2 is 2.12 bits per heavy atom. The lowest BCUT2D eigenvalue weighted by Gasteiger charge is -2.34. The van der Waals surface area contributed by atoms with Crippen molar-refractivity contribution in [2.24, 2.45) is 0 Å². The highest BCUT2D eigenvalue weighted by Gasteiger charge is 2.25. The monoisotopic (exact) mass is 234 g/mol. The minimum atomic E-state index is -0.127. The van der Waals surface area contributed by atoms with Crippen LogP contribution in [0.15, 0.2) is 30.3 Å². The molecule has 1 heterocycles. The molecular formula is C13H18N2O2. The summed E-state index contributed by atoms with van der Waals surface area (Å²) < 4.78 is 0. The van der Waals surface area contributed by atoms with E-state index in [0.29, 0.717) is 6.42 Å². The van der Waals surface area contributed by atoms with Crippen LogP contribution in [-0.4, -0.2) is 41.8 Å². The van der Waals surface area contributed by atoms with E-state index in [1.807, 2.05) is 30.3 Å². The molecule has 92 valence electrons. The van der Waals surface area contributed by atoms with E-state index < -0.39 is 0 Å². The maximum absolute atomic E-state index is 11.7. The van der Waals surface area contributed by atoms with Gasteiger partial charge in [-0.25, -0.2) is 4.79 Å². The van der Waals surface area contributed by atoms with E-state index >= 15 is 0 Å². The Kier molecular flexibility index (Phi) is 3.98. The van der Waals surface area contributed by atoms with E-state index in [1.165, 1.54) is 0 Å². The van der Waals surface area contributed by atoms with Crippen molar-refractivity contribution in [3.05, 3.63) is 35.9 Å². The normalized spacial score (nSPS) is 17.7. The van der Waals surface area contributed by atoms with E-state index in [0.717, 1.165) is 25.1 Å². The lowest BCUT2D eigenvalue weighted by atomic mass is 10.0. The Morgan fingerprint density at radius 1 is 1.35 bits per heavy atom. The molecule has 2 amide bonds. The average molecular weight is 234 g/mol. The number of aliphatic hydroxyl groups excluding tert-OH is 1. The van der Waals surface area contributed by atoms with Crippen LogP contribution in [0.1, 0.15) is 12.0 Å². The molecule has 0 spiro atoms. The summed E-state index contributed by atoms with van der Waals surface area (Å²) in [7, 11) is 0. The Hall–Kier alpha value is -1.55. The van der Waals surface area contributed by atoms with Gasteiger partial charge < -0.3 is 15.3 Å². The second-order valence-corrected chi connectivity index (χ2v) is 4.30. The molecule has 1 aromatic rings. The van der Waals surface area contributed by atoms with Gasteiger partial charge in [0.2, 0.25) is 0 Å². The van der Waals surface area contributed by atoms with Crippen LogP contribution in [0.5, 0.6) is 0 Å². The number of urea groups is 1. The molecule has 17 heavy (non-hydrogen) atoms. The van der Waals surface area contributed by atoms with Gasteiger partial charge in [0.25, 0.3) is 0 Å². The van der Waals surface area contributed by atoms with Gasteiger partial charge in [-0.05, 0) is 18.4 Å². The van der Waals surface area contributed by atoms with Crippen LogP contribution >= 0.6 is 0 Å². The fourth-order valence-corrected chi connectivity index (χ4v) is 2.16. The van der Waals surface area contributed by atoms with Gasteiger partial charge >= 0.3 is 6.03 Å². The predicted molar refractivity (Wildman–Crippen MR) is 65.7 cm³/mol. The number of nitrogens with zero attached hydrogens (tertiary/aromatic N) is 1. The van der Waals surface area contributed by atoms with Gasteiger partial charge in [-0.1, -0.05) is 30.3 Å². The molecule has 1 aliphatic heterocycles. The smallest absolute Gasteiger partial charge is 0.317 e. The molecule has 2 rings (SSSR count). The van der Waals surface area contributed by atoms with Crippen molar-refractivity contribution >= 4 is 6.03 Å². The molecular weight excluding hydrogens is 216 g/mol. The van der Waals surface area contributed by atoms with Gasteiger partial charge in [0.05, 0.1) is 12.6 Å². The molecule has 1 aromatic carbocycles. The summed E-state index contributed by atoms with van der Waals surface area (Å²) in [4.78, 5) is 13.4. The first-order valence-electron chi connectivity index (χ1n) is 6.00. The van der Waals surface area contributed by atoms with E-state index in [1.54, 1.807) is 4.90 Å². The van der Waals surface area contributed by atoms with Crippen molar-refractivity contribution in [3.63, 3.8) is 0 Å². The molecule has 0 unspecified atom stereocenters. The molecule has 0 aromatic heterocycles. The second-order valence-electron chi connectivity index (χ2n) is 4.30. The Labute approximate surface area is 101 Å². The number of carbonyl (C=O) groups is 1. The Balaban J connectivity index is 2.03. The van der Waals surface area contributed by atoms with E-state index in [9.17, 15) is 9.90 Å². The zero-order valence-corrected chi connectivity index (χ0v) is 9.80. The zero-order chi connectivity index (χ0) is 12.1. The largest absolute Gasteiger partial charge is 0.394 e. The number of nitrogens with one attached hydrogen (secondary N) is 1. The van der Waals surface area contributed by atoms with Gasteiger partial charge in [-0.15, -0.1) is 0 Å². The van der Waals surface area contributed by atoms with Crippen molar-refractivity contribution in [2.75, 3.05) is 19.7 Å². The van der Waals surface area contributed by atoms with Gasteiger partial charge in [-0.2, -0.15) is 0 Å². The Morgan fingerprint density at radius 3 is 2.76 bits per heavy atom. The lowest BCUT2D eigenvalue weighted by molar-refractivity contribution is 0.122. The third kappa shape index (κ3) is 2.97. The van der Waals surface area contributed by atoms with Crippen LogP contribution in [0.3, 0.4) is 0 Å². The van der Waals surface area contributed by atoms with Crippen molar-refractivity contribution in [1.29, 1.82) is 0 Å². The van der Waals surface area contributed by atoms with Crippen LogP contribution in [-0.2, 0) is 6.42 Å². The van der Waals surface area contributed by atoms with Gasteiger partial charge in [0, 0.05) is 13.1 Å². The maximum Gasteiger partial charge on any atom is 0.317 e. The molecule has 0 saturated carbocycles.